The van der Waals surface area contributed by atoms with Crippen LogP contribution in [0.3, 0.4) is 0 Å². The molecule has 25 heavy (non-hydrogen) atoms. The monoisotopic (exact) mass is 358 g/mol. The third-order valence-corrected chi connectivity index (χ3v) is 3.51. The standard InChI is InChI=1S/C18H15ClN2O4/c1-11-3-5-12(6-4-11)16(22)15(17(23)18(24)25-2)21-20-14-9-7-13(19)8-10-14/h3-10,20H,1-2H3/b21-15+. The molecule has 2 aromatic carbocycles. The summed E-state index contributed by atoms with van der Waals surface area (Å²) in [6, 6.07) is 13.0. The zero-order chi connectivity index (χ0) is 18.4. The van der Waals surface area contributed by atoms with E-state index < -0.39 is 23.2 Å². The maximum atomic E-state index is 12.6. The molecule has 6 nitrogen and oxygen atoms in total. The summed E-state index contributed by atoms with van der Waals surface area (Å²) in [6.07, 6.45) is 0. The van der Waals surface area contributed by atoms with Gasteiger partial charge in [0.1, 0.15) is 0 Å². The number of ketones is 2. The molecular weight excluding hydrogens is 344 g/mol. The first-order valence-electron chi connectivity index (χ1n) is 7.25. The molecule has 0 aromatic heterocycles. The largest absolute Gasteiger partial charge is 0.463 e. The van der Waals surface area contributed by atoms with Gasteiger partial charge in [-0.15, -0.1) is 0 Å². The lowest BCUT2D eigenvalue weighted by atomic mass is 10.0. The predicted octanol–water partition coefficient (Wildman–Crippen LogP) is 3.04. The van der Waals surface area contributed by atoms with Crippen molar-refractivity contribution in [3.8, 4) is 0 Å². The minimum Gasteiger partial charge on any atom is -0.463 e. The van der Waals surface area contributed by atoms with Gasteiger partial charge in [0, 0.05) is 10.6 Å². The van der Waals surface area contributed by atoms with Crippen LogP contribution in [0.4, 0.5) is 5.69 Å². The minimum atomic E-state index is -1.17. The second-order valence-corrected chi connectivity index (χ2v) is 5.53. The van der Waals surface area contributed by atoms with Crippen molar-refractivity contribution >= 4 is 40.5 Å². The van der Waals surface area contributed by atoms with Crippen molar-refractivity contribution in [1.29, 1.82) is 0 Å². The van der Waals surface area contributed by atoms with Crippen molar-refractivity contribution in [2.45, 2.75) is 6.92 Å². The number of ether oxygens (including phenoxy) is 1. The average molecular weight is 359 g/mol. The van der Waals surface area contributed by atoms with E-state index >= 15 is 0 Å². The van der Waals surface area contributed by atoms with Crippen LogP contribution in [0.15, 0.2) is 53.6 Å². The minimum absolute atomic E-state index is 0.236. The number of anilines is 1. The van der Waals surface area contributed by atoms with Gasteiger partial charge in [-0.1, -0.05) is 41.4 Å². The smallest absolute Gasteiger partial charge is 0.381 e. The van der Waals surface area contributed by atoms with Crippen LogP contribution < -0.4 is 5.43 Å². The highest BCUT2D eigenvalue weighted by Gasteiger charge is 2.28. The first-order chi connectivity index (χ1) is 11.9. The number of hydrogen-bond donors (Lipinski definition) is 1. The first kappa shape index (κ1) is 18.4. The predicted molar refractivity (Wildman–Crippen MR) is 95.0 cm³/mol. The van der Waals surface area contributed by atoms with Gasteiger partial charge < -0.3 is 4.74 Å². The number of methoxy groups -OCH3 is 1. The molecule has 0 aliphatic rings. The summed E-state index contributed by atoms with van der Waals surface area (Å²) in [6.45, 7) is 1.87. The Hall–Kier alpha value is -2.99. The van der Waals surface area contributed by atoms with E-state index in [1.807, 2.05) is 6.92 Å². The summed E-state index contributed by atoms with van der Waals surface area (Å²) in [7, 11) is 1.06. The molecular formula is C18H15ClN2O4. The van der Waals surface area contributed by atoms with Crippen LogP contribution in [0, 0.1) is 6.92 Å². The topological polar surface area (TPSA) is 84.8 Å². The molecule has 0 saturated heterocycles. The molecule has 2 aromatic rings. The molecule has 0 unspecified atom stereocenters. The maximum Gasteiger partial charge on any atom is 0.381 e. The van der Waals surface area contributed by atoms with E-state index in [9.17, 15) is 14.4 Å². The molecule has 1 N–H and O–H groups in total. The second-order valence-electron chi connectivity index (χ2n) is 5.09. The molecule has 2 rings (SSSR count). The van der Waals surface area contributed by atoms with Crippen molar-refractivity contribution in [2.75, 3.05) is 12.5 Å². The van der Waals surface area contributed by atoms with Crippen molar-refractivity contribution < 1.29 is 19.1 Å². The number of hydrazone groups is 1. The van der Waals surface area contributed by atoms with E-state index in [2.05, 4.69) is 15.3 Å². The number of rotatable bonds is 6. The highest BCUT2D eigenvalue weighted by atomic mass is 35.5. The van der Waals surface area contributed by atoms with Crippen LogP contribution in [0.5, 0.6) is 0 Å². The summed E-state index contributed by atoms with van der Waals surface area (Å²) >= 11 is 5.80. The summed E-state index contributed by atoms with van der Waals surface area (Å²) in [5.74, 6) is -2.98. The molecule has 7 heteroatoms. The van der Waals surface area contributed by atoms with Gasteiger partial charge in [0.25, 0.3) is 5.78 Å². The Morgan fingerprint density at radius 1 is 1.00 bits per heavy atom. The first-order valence-corrected chi connectivity index (χ1v) is 7.63. The third kappa shape index (κ3) is 4.74. The van der Waals surface area contributed by atoms with E-state index in [0.29, 0.717) is 10.7 Å². The van der Waals surface area contributed by atoms with Crippen LogP contribution in [-0.2, 0) is 14.3 Å². The molecule has 0 spiro atoms. The maximum absolute atomic E-state index is 12.6. The van der Waals surface area contributed by atoms with Crippen LogP contribution >= 0.6 is 11.6 Å². The molecule has 0 aliphatic heterocycles. The molecule has 0 aliphatic carbocycles. The lowest BCUT2D eigenvalue weighted by molar-refractivity contribution is -0.148. The lowest BCUT2D eigenvalue weighted by Crippen LogP contribution is -2.32. The van der Waals surface area contributed by atoms with E-state index in [4.69, 9.17) is 11.6 Å². The normalized spacial score (nSPS) is 10.9. The molecule has 0 heterocycles. The Balaban J connectivity index is 2.34. The van der Waals surface area contributed by atoms with Crippen LogP contribution in [0.1, 0.15) is 15.9 Å². The van der Waals surface area contributed by atoms with Gasteiger partial charge in [-0.3, -0.25) is 15.0 Å². The van der Waals surface area contributed by atoms with Crippen molar-refractivity contribution in [3.05, 3.63) is 64.7 Å². The van der Waals surface area contributed by atoms with Crippen molar-refractivity contribution in [1.82, 2.24) is 0 Å². The fraction of sp³-hybridized carbons (Fsp3) is 0.111. The molecule has 0 bridgehead atoms. The number of esters is 1. The van der Waals surface area contributed by atoms with Crippen LogP contribution in [-0.4, -0.2) is 30.4 Å². The van der Waals surface area contributed by atoms with Crippen molar-refractivity contribution in [3.63, 3.8) is 0 Å². The molecule has 0 radical (unpaired) electrons. The van der Waals surface area contributed by atoms with Gasteiger partial charge in [-0.2, -0.15) is 5.10 Å². The Morgan fingerprint density at radius 2 is 1.60 bits per heavy atom. The van der Waals surface area contributed by atoms with Gasteiger partial charge in [-0.05, 0) is 31.2 Å². The summed E-state index contributed by atoms with van der Waals surface area (Å²) in [4.78, 5) is 36.3. The molecule has 0 fully saturated rings. The fourth-order valence-corrected chi connectivity index (χ4v) is 2.01. The second kappa shape index (κ2) is 8.21. The number of aryl methyl sites for hydroxylation is 1. The lowest BCUT2D eigenvalue weighted by Gasteiger charge is -2.06. The van der Waals surface area contributed by atoms with Crippen LogP contribution in [0.25, 0.3) is 0 Å². The molecule has 0 amide bonds. The zero-order valence-corrected chi connectivity index (χ0v) is 14.3. The van der Waals surface area contributed by atoms with Gasteiger partial charge in [-0.25, -0.2) is 4.79 Å². The number of carbonyl (C=O) groups is 3. The average Bonchev–Trinajstić information content (AvgIpc) is 2.62. The van der Waals surface area contributed by atoms with Gasteiger partial charge >= 0.3 is 5.97 Å². The number of Topliss-reactive ketones (excluding diaryl/α,β-unsaturated/α-hetero) is 2. The van der Waals surface area contributed by atoms with Gasteiger partial charge in [0.15, 0.2) is 5.71 Å². The quantitative estimate of drug-likeness (QED) is 0.214. The van der Waals surface area contributed by atoms with E-state index in [1.54, 1.807) is 48.5 Å². The van der Waals surface area contributed by atoms with Crippen LogP contribution in [0.2, 0.25) is 5.02 Å². The molecule has 128 valence electrons. The number of hydrogen-bond acceptors (Lipinski definition) is 6. The number of benzene rings is 2. The fourth-order valence-electron chi connectivity index (χ4n) is 1.88. The molecule has 0 atom stereocenters. The van der Waals surface area contributed by atoms with Gasteiger partial charge in [0.05, 0.1) is 12.8 Å². The van der Waals surface area contributed by atoms with Crippen molar-refractivity contribution in [2.24, 2.45) is 5.10 Å². The Kier molecular flexibility index (Phi) is 6.03. The summed E-state index contributed by atoms with van der Waals surface area (Å²) < 4.78 is 4.40. The number of nitrogens with zero attached hydrogens (tertiary/aromatic N) is 1. The third-order valence-electron chi connectivity index (χ3n) is 3.26. The highest BCUT2D eigenvalue weighted by Crippen LogP contribution is 2.14. The number of carbonyl (C=O) groups excluding carboxylic acids is 3. The Bertz CT molecular complexity index is 827. The summed E-state index contributed by atoms with van der Waals surface area (Å²) in [5.41, 5.74) is 3.69. The van der Waals surface area contributed by atoms with E-state index in [1.165, 1.54) is 0 Å². The Morgan fingerprint density at radius 3 is 2.16 bits per heavy atom. The van der Waals surface area contributed by atoms with Gasteiger partial charge in [0.2, 0.25) is 5.78 Å². The Labute approximate surface area is 149 Å². The SMILES string of the molecule is COC(=O)C(=O)/C(=N/Nc1ccc(Cl)cc1)C(=O)c1ccc(C)cc1. The number of halogens is 1. The van der Waals surface area contributed by atoms with E-state index in [0.717, 1.165) is 12.7 Å². The highest BCUT2D eigenvalue weighted by molar-refractivity contribution is 6.80. The number of nitrogens with one attached hydrogen (secondary N) is 1. The summed E-state index contributed by atoms with van der Waals surface area (Å²) in [5, 5.41) is 4.34. The molecule has 0 saturated carbocycles. The van der Waals surface area contributed by atoms with E-state index in [-0.39, 0.29) is 5.56 Å². The zero-order valence-electron chi connectivity index (χ0n) is 13.6.